The Morgan fingerprint density at radius 3 is 2.83 bits per heavy atom. The lowest BCUT2D eigenvalue weighted by molar-refractivity contribution is 0.0923. The van der Waals surface area contributed by atoms with E-state index in [4.69, 9.17) is 11.6 Å². The van der Waals surface area contributed by atoms with E-state index in [-0.39, 0.29) is 11.4 Å². The van der Waals surface area contributed by atoms with Crippen LogP contribution in [0.1, 0.15) is 29.4 Å². The Hall–Kier alpha value is -2.20. The van der Waals surface area contributed by atoms with Crippen molar-refractivity contribution in [2.45, 2.75) is 18.9 Å². The molecule has 1 aliphatic rings. The molecule has 1 fully saturated rings. The first-order valence-corrected chi connectivity index (χ1v) is 8.09. The molecule has 4 nitrogen and oxygen atoms in total. The Bertz CT molecular complexity index is 910. The van der Waals surface area contributed by atoms with Gasteiger partial charge in [-0.05, 0) is 48.2 Å². The lowest BCUT2D eigenvalue weighted by atomic mass is 10.1. The minimum Gasteiger partial charge on any atom is -0.357 e. The largest absolute Gasteiger partial charge is 0.357 e. The van der Waals surface area contributed by atoms with Crippen molar-refractivity contribution in [3.05, 3.63) is 59.0 Å². The number of carbonyl (C=O) groups excluding carboxylic acids is 1. The monoisotopic (exact) mass is 327 g/mol. The highest BCUT2D eigenvalue weighted by atomic mass is 35.5. The van der Waals surface area contributed by atoms with Crippen molar-refractivity contribution >= 4 is 28.4 Å². The summed E-state index contributed by atoms with van der Waals surface area (Å²) in [4.78, 5) is 15.9. The average molecular weight is 328 g/mol. The molecule has 0 bridgehead atoms. The van der Waals surface area contributed by atoms with E-state index in [1.165, 1.54) is 5.56 Å². The molecule has 2 N–H and O–H groups in total. The Kier molecular flexibility index (Phi) is 3.07. The zero-order valence-corrected chi connectivity index (χ0v) is 13.8. The third-order valence-corrected chi connectivity index (χ3v) is 5.06. The molecule has 118 valence electrons. The predicted octanol–water partition coefficient (Wildman–Crippen LogP) is 3.82. The molecule has 1 aromatic carbocycles. The lowest BCUT2D eigenvalue weighted by Crippen LogP contribution is -2.36. The van der Waals surface area contributed by atoms with E-state index in [0.717, 1.165) is 17.3 Å². The van der Waals surface area contributed by atoms with Crippen LogP contribution < -0.4 is 5.32 Å². The molecular weight excluding hydrogens is 310 g/mol. The first-order chi connectivity index (χ1) is 11.0. The van der Waals surface area contributed by atoms with Gasteiger partial charge in [-0.15, -0.1) is 0 Å². The highest BCUT2D eigenvalue weighted by Crippen LogP contribution is 2.51. The predicted molar refractivity (Wildman–Crippen MR) is 91.6 cm³/mol. The minimum atomic E-state index is -0.243. The van der Waals surface area contributed by atoms with Gasteiger partial charge in [0.05, 0.1) is 5.54 Å². The van der Waals surface area contributed by atoms with Crippen molar-refractivity contribution in [2.24, 2.45) is 13.0 Å². The fourth-order valence-electron chi connectivity index (χ4n) is 3.34. The number of amides is 1. The summed E-state index contributed by atoms with van der Waals surface area (Å²) in [6.45, 7) is 2.16. The summed E-state index contributed by atoms with van der Waals surface area (Å²) in [5.41, 5.74) is 2.40. The van der Waals surface area contributed by atoms with E-state index in [0.29, 0.717) is 16.6 Å². The van der Waals surface area contributed by atoms with Crippen molar-refractivity contribution in [3.63, 3.8) is 0 Å². The molecule has 1 saturated carbocycles. The third kappa shape index (κ3) is 2.34. The second-order valence-electron chi connectivity index (χ2n) is 6.51. The third-order valence-electron chi connectivity index (χ3n) is 4.82. The second-order valence-corrected chi connectivity index (χ2v) is 6.95. The zero-order chi connectivity index (χ0) is 16.2. The van der Waals surface area contributed by atoms with Crippen LogP contribution in [0.3, 0.4) is 0 Å². The summed E-state index contributed by atoms with van der Waals surface area (Å²) >= 11 is 6.01. The number of benzene rings is 1. The highest BCUT2D eigenvalue weighted by molar-refractivity contribution is 6.31. The van der Waals surface area contributed by atoms with Gasteiger partial charge in [-0.2, -0.15) is 0 Å². The zero-order valence-electron chi connectivity index (χ0n) is 13.1. The van der Waals surface area contributed by atoms with Crippen LogP contribution in [0, 0.1) is 5.92 Å². The maximum atomic E-state index is 12.7. The number of aromatic amines is 1. The molecule has 2 heterocycles. The molecule has 0 unspecified atom stereocenters. The van der Waals surface area contributed by atoms with Crippen molar-refractivity contribution in [3.8, 4) is 0 Å². The van der Waals surface area contributed by atoms with Gasteiger partial charge in [0.25, 0.3) is 5.91 Å². The van der Waals surface area contributed by atoms with Gasteiger partial charge < -0.3 is 14.9 Å². The number of aromatic nitrogens is 2. The maximum Gasteiger partial charge on any atom is 0.268 e. The van der Waals surface area contributed by atoms with E-state index >= 15 is 0 Å². The van der Waals surface area contributed by atoms with E-state index in [1.807, 2.05) is 42.1 Å². The summed E-state index contributed by atoms with van der Waals surface area (Å²) in [7, 11) is 1.99. The van der Waals surface area contributed by atoms with Crippen LogP contribution in [-0.4, -0.2) is 15.5 Å². The van der Waals surface area contributed by atoms with Crippen LogP contribution in [0.2, 0.25) is 5.02 Å². The number of carbonyl (C=O) groups is 1. The quantitative estimate of drug-likeness (QED) is 0.754. The molecule has 0 saturated heterocycles. The Morgan fingerprint density at radius 2 is 2.17 bits per heavy atom. The first-order valence-electron chi connectivity index (χ1n) is 7.71. The minimum absolute atomic E-state index is 0.0782. The first kappa shape index (κ1) is 14.4. The fraction of sp³-hybridized carbons (Fsp3) is 0.278. The fourth-order valence-corrected chi connectivity index (χ4v) is 3.52. The number of fused-ring (bicyclic) bond motifs is 1. The Labute approximate surface area is 139 Å². The average Bonchev–Trinajstić information content (AvgIpc) is 2.90. The molecule has 1 aliphatic carbocycles. The van der Waals surface area contributed by atoms with E-state index in [9.17, 15) is 4.79 Å². The molecule has 23 heavy (non-hydrogen) atoms. The summed E-state index contributed by atoms with van der Waals surface area (Å²) < 4.78 is 2.01. The molecule has 5 heteroatoms. The number of halogens is 1. The van der Waals surface area contributed by atoms with Gasteiger partial charge in [0, 0.05) is 35.4 Å². The molecule has 4 rings (SSSR count). The normalized spacial score (nSPS) is 23.2. The molecule has 0 radical (unpaired) electrons. The van der Waals surface area contributed by atoms with Gasteiger partial charge in [-0.3, -0.25) is 4.79 Å². The van der Waals surface area contributed by atoms with Crippen molar-refractivity contribution < 1.29 is 4.79 Å². The topological polar surface area (TPSA) is 49.8 Å². The highest BCUT2D eigenvalue weighted by Gasteiger charge is 2.54. The van der Waals surface area contributed by atoms with Crippen LogP contribution >= 0.6 is 11.6 Å². The van der Waals surface area contributed by atoms with Crippen LogP contribution in [0.25, 0.3) is 10.9 Å². The van der Waals surface area contributed by atoms with Crippen molar-refractivity contribution in [1.29, 1.82) is 0 Å². The lowest BCUT2D eigenvalue weighted by Gasteiger charge is -2.17. The summed E-state index contributed by atoms with van der Waals surface area (Å²) in [5, 5.41) is 4.83. The number of rotatable bonds is 3. The second kappa shape index (κ2) is 4.90. The van der Waals surface area contributed by atoms with E-state index < -0.39 is 0 Å². The van der Waals surface area contributed by atoms with Gasteiger partial charge >= 0.3 is 0 Å². The van der Waals surface area contributed by atoms with Crippen molar-refractivity contribution in [2.75, 3.05) is 0 Å². The SMILES string of the molecule is C[C@H]1C[C@@]1(NC(=O)c1cc2cc(Cl)ccc2[nH]1)c1ccn(C)c1. The summed E-state index contributed by atoms with van der Waals surface area (Å²) in [6, 6.07) is 9.49. The van der Waals surface area contributed by atoms with Crippen LogP contribution in [0.5, 0.6) is 0 Å². The van der Waals surface area contributed by atoms with Crippen LogP contribution in [-0.2, 0) is 12.6 Å². The molecule has 0 spiro atoms. The smallest absolute Gasteiger partial charge is 0.268 e. The number of nitrogens with one attached hydrogen (secondary N) is 2. The van der Waals surface area contributed by atoms with Gasteiger partial charge in [0.15, 0.2) is 0 Å². The number of aryl methyl sites for hydroxylation is 1. The molecule has 2 aromatic heterocycles. The van der Waals surface area contributed by atoms with E-state index in [2.05, 4.69) is 29.5 Å². The van der Waals surface area contributed by atoms with Gasteiger partial charge in [-0.1, -0.05) is 18.5 Å². The number of H-pyrrole nitrogens is 1. The molecule has 2 atom stereocenters. The number of nitrogens with zero attached hydrogens (tertiary/aromatic N) is 1. The Balaban J connectivity index is 1.63. The Morgan fingerprint density at radius 1 is 1.39 bits per heavy atom. The number of hydrogen-bond donors (Lipinski definition) is 2. The van der Waals surface area contributed by atoms with Crippen LogP contribution in [0.4, 0.5) is 0 Å². The molecule has 0 aliphatic heterocycles. The van der Waals surface area contributed by atoms with Gasteiger partial charge in [0.1, 0.15) is 5.69 Å². The molecule has 3 aromatic rings. The molecular formula is C18H18ClN3O. The maximum absolute atomic E-state index is 12.7. The van der Waals surface area contributed by atoms with E-state index in [1.54, 1.807) is 0 Å². The number of hydrogen-bond acceptors (Lipinski definition) is 1. The van der Waals surface area contributed by atoms with Crippen LogP contribution in [0.15, 0.2) is 42.7 Å². The summed E-state index contributed by atoms with van der Waals surface area (Å²) in [6.07, 6.45) is 5.06. The van der Waals surface area contributed by atoms with Gasteiger partial charge in [-0.25, -0.2) is 0 Å². The summed E-state index contributed by atoms with van der Waals surface area (Å²) in [5.74, 6) is 0.359. The van der Waals surface area contributed by atoms with Gasteiger partial charge in [0.2, 0.25) is 0 Å². The molecule has 1 amide bonds. The standard InChI is InChI=1S/C18H18ClN3O/c1-11-9-18(11,13-5-6-22(2)10-13)21-17(23)16-8-12-7-14(19)3-4-15(12)20-16/h3-8,10-11,20H,9H2,1-2H3,(H,21,23)/t11-,18-/m0/s1. The van der Waals surface area contributed by atoms with Crippen molar-refractivity contribution in [1.82, 2.24) is 14.9 Å².